The minimum absolute atomic E-state index is 0.0853. The molecule has 0 heterocycles. The van der Waals surface area contributed by atoms with E-state index in [0.29, 0.717) is 17.8 Å². The summed E-state index contributed by atoms with van der Waals surface area (Å²) < 4.78 is 20.2. The summed E-state index contributed by atoms with van der Waals surface area (Å²) in [4.78, 5) is 0. The molecule has 0 bridgehead atoms. The van der Waals surface area contributed by atoms with E-state index in [4.69, 9.17) is 4.74 Å². The molecule has 1 aliphatic rings. The molecule has 2 heteroatoms. The largest absolute Gasteiger partial charge is 0.493 e. The number of benzene rings is 1. The van der Waals surface area contributed by atoms with Crippen molar-refractivity contribution in [1.82, 2.24) is 0 Å². The van der Waals surface area contributed by atoms with Crippen molar-refractivity contribution >= 4 is 0 Å². The average molecular weight is 377 g/mol. The van der Waals surface area contributed by atoms with Crippen molar-refractivity contribution < 1.29 is 9.13 Å². The van der Waals surface area contributed by atoms with Crippen LogP contribution in [-0.4, -0.2) is 6.61 Å². The molecule has 0 amide bonds. The molecule has 0 aliphatic heterocycles. The summed E-state index contributed by atoms with van der Waals surface area (Å²) in [6.45, 7) is 5.09. The first-order valence-corrected chi connectivity index (χ1v) is 11.6. The minimum atomic E-state index is -0.0853. The van der Waals surface area contributed by atoms with Crippen LogP contribution in [0.3, 0.4) is 0 Å². The Morgan fingerprint density at radius 2 is 1.63 bits per heavy atom. The molecule has 1 aromatic carbocycles. The summed E-state index contributed by atoms with van der Waals surface area (Å²) in [5.41, 5.74) is 1.33. The third-order valence-corrected chi connectivity index (χ3v) is 6.44. The summed E-state index contributed by atoms with van der Waals surface area (Å²) in [5.74, 6) is 0.589. The number of unbranched alkanes of at least 4 members (excludes halogenated alkanes) is 5. The van der Waals surface area contributed by atoms with Crippen LogP contribution < -0.4 is 4.74 Å². The molecule has 0 aromatic heterocycles. The Balaban J connectivity index is 1.87. The standard InChI is InChI=1S/C25H41FO/c1-3-5-7-8-10-16-25(17-11-9-12-18-25)19-15-22-13-14-23(21-24(22)26)27-20-6-4-2/h13-14,21H,3-12,15-20H2,1-2H3. The molecule has 0 radical (unpaired) electrons. The third kappa shape index (κ3) is 7.84. The first kappa shape index (κ1) is 22.2. The van der Waals surface area contributed by atoms with E-state index >= 15 is 0 Å². The molecule has 0 N–H and O–H groups in total. The zero-order valence-corrected chi connectivity index (χ0v) is 17.8. The number of aryl methyl sites for hydroxylation is 1. The Morgan fingerprint density at radius 1 is 0.889 bits per heavy atom. The van der Waals surface area contributed by atoms with Crippen molar-refractivity contribution in [3.05, 3.63) is 29.6 Å². The fourth-order valence-corrected chi connectivity index (χ4v) is 4.59. The van der Waals surface area contributed by atoms with Gasteiger partial charge in [-0.15, -0.1) is 0 Å². The van der Waals surface area contributed by atoms with Gasteiger partial charge in [0.25, 0.3) is 0 Å². The highest BCUT2D eigenvalue weighted by molar-refractivity contribution is 5.29. The van der Waals surface area contributed by atoms with Gasteiger partial charge < -0.3 is 4.74 Å². The Hall–Kier alpha value is -1.05. The number of hydrogen-bond acceptors (Lipinski definition) is 1. The van der Waals surface area contributed by atoms with Crippen molar-refractivity contribution in [1.29, 1.82) is 0 Å². The summed E-state index contributed by atoms with van der Waals surface area (Å²) >= 11 is 0. The predicted octanol–water partition coefficient (Wildman–Crippen LogP) is 8.25. The highest BCUT2D eigenvalue weighted by Gasteiger charge is 2.31. The zero-order valence-electron chi connectivity index (χ0n) is 17.8. The maximum atomic E-state index is 14.5. The first-order valence-electron chi connectivity index (χ1n) is 11.6. The van der Waals surface area contributed by atoms with Gasteiger partial charge >= 0.3 is 0 Å². The fourth-order valence-electron chi connectivity index (χ4n) is 4.59. The number of rotatable bonds is 13. The zero-order chi connectivity index (χ0) is 19.4. The van der Waals surface area contributed by atoms with Crippen LogP contribution in [-0.2, 0) is 6.42 Å². The summed E-state index contributed by atoms with van der Waals surface area (Å²) in [5, 5.41) is 0. The lowest BCUT2D eigenvalue weighted by Gasteiger charge is -2.38. The number of halogens is 1. The Labute approximate surface area is 167 Å². The second-order valence-electron chi connectivity index (χ2n) is 8.68. The molecule has 1 fully saturated rings. The van der Waals surface area contributed by atoms with E-state index in [-0.39, 0.29) is 5.82 Å². The Bertz CT molecular complexity index is 519. The van der Waals surface area contributed by atoms with E-state index in [9.17, 15) is 4.39 Å². The average Bonchev–Trinajstić information content (AvgIpc) is 2.68. The van der Waals surface area contributed by atoms with Crippen LogP contribution in [0, 0.1) is 11.2 Å². The van der Waals surface area contributed by atoms with E-state index in [2.05, 4.69) is 13.8 Å². The van der Waals surface area contributed by atoms with Gasteiger partial charge in [-0.05, 0) is 55.6 Å². The first-order chi connectivity index (χ1) is 13.2. The van der Waals surface area contributed by atoms with Gasteiger partial charge in [-0.2, -0.15) is 0 Å². The molecule has 1 aromatic rings. The van der Waals surface area contributed by atoms with E-state index in [1.807, 2.05) is 12.1 Å². The van der Waals surface area contributed by atoms with E-state index in [0.717, 1.165) is 31.2 Å². The van der Waals surface area contributed by atoms with E-state index < -0.39 is 0 Å². The highest BCUT2D eigenvalue weighted by Crippen LogP contribution is 2.44. The van der Waals surface area contributed by atoms with Gasteiger partial charge in [-0.3, -0.25) is 0 Å². The topological polar surface area (TPSA) is 9.23 Å². The van der Waals surface area contributed by atoms with Gasteiger partial charge in [0, 0.05) is 6.07 Å². The monoisotopic (exact) mass is 376 g/mol. The Morgan fingerprint density at radius 3 is 2.33 bits per heavy atom. The second-order valence-corrected chi connectivity index (χ2v) is 8.68. The predicted molar refractivity (Wildman–Crippen MR) is 114 cm³/mol. The van der Waals surface area contributed by atoms with Crippen molar-refractivity contribution in [3.8, 4) is 5.75 Å². The van der Waals surface area contributed by atoms with E-state index in [1.165, 1.54) is 70.6 Å². The number of hydrogen-bond donors (Lipinski definition) is 0. The van der Waals surface area contributed by atoms with Crippen LogP contribution in [0.25, 0.3) is 0 Å². The van der Waals surface area contributed by atoms with Crippen LogP contribution in [0.5, 0.6) is 5.75 Å². The van der Waals surface area contributed by atoms with E-state index in [1.54, 1.807) is 6.07 Å². The SMILES string of the molecule is CCCCCCCC1(CCc2ccc(OCCCC)cc2F)CCCCC1. The Kier molecular flexibility index (Phi) is 10.2. The molecule has 154 valence electrons. The molecule has 0 spiro atoms. The van der Waals surface area contributed by atoms with Crippen LogP contribution in [0.2, 0.25) is 0 Å². The van der Waals surface area contributed by atoms with Crippen molar-refractivity contribution in [2.45, 2.75) is 110 Å². The van der Waals surface area contributed by atoms with Gasteiger partial charge in [0.15, 0.2) is 0 Å². The summed E-state index contributed by atoms with van der Waals surface area (Å²) in [6, 6.07) is 5.49. The number of ether oxygens (including phenoxy) is 1. The molecule has 27 heavy (non-hydrogen) atoms. The highest BCUT2D eigenvalue weighted by atomic mass is 19.1. The molecular weight excluding hydrogens is 335 g/mol. The maximum absolute atomic E-state index is 14.5. The summed E-state index contributed by atoms with van der Waals surface area (Å²) in [6.07, 6.45) is 19.1. The molecule has 2 rings (SSSR count). The molecule has 0 unspecified atom stereocenters. The minimum Gasteiger partial charge on any atom is -0.493 e. The molecular formula is C25H41FO. The molecule has 1 saturated carbocycles. The van der Waals surface area contributed by atoms with Crippen LogP contribution in [0.1, 0.15) is 109 Å². The molecule has 1 nitrogen and oxygen atoms in total. The summed E-state index contributed by atoms with van der Waals surface area (Å²) in [7, 11) is 0. The van der Waals surface area contributed by atoms with Gasteiger partial charge in [-0.25, -0.2) is 4.39 Å². The third-order valence-electron chi connectivity index (χ3n) is 6.44. The second kappa shape index (κ2) is 12.4. The molecule has 1 aliphatic carbocycles. The van der Waals surface area contributed by atoms with Crippen molar-refractivity contribution in [2.75, 3.05) is 6.61 Å². The molecule has 0 atom stereocenters. The lowest BCUT2D eigenvalue weighted by Crippen LogP contribution is -2.25. The van der Waals surface area contributed by atoms with Gasteiger partial charge in [-0.1, -0.05) is 77.7 Å². The molecule has 0 saturated heterocycles. The van der Waals surface area contributed by atoms with Crippen molar-refractivity contribution in [3.63, 3.8) is 0 Å². The maximum Gasteiger partial charge on any atom is 0.130 e. The fraction of sp³-hybridized carbons (Fsp3) is 0.760. The van der Waals surface area contributed by atoms with Gasteiger partial charge in [0.05, 0.1) is 6.61 Å². The van der Waals surface area contributed by atoms with Crippen LogP contribution >= 0.6 is 0 Å². The van der Waals surface area contributed by atoms with Gasteiger partial charge in [0.1, 0.15) is 11.6 Å². The van der Waals surface area contributed by atoms with Crippen LogP contribution in [0.4, 0.5) is 4.39 Å². The smallest absolute Gasteiger partial charge is 0.130 e. The lowest BCUT2D eigenvalue weighted by atomic mass is 9.68. The van der Waals surface area contributed by atoms with Crippen LogP contribution in [0.15, 0.2) is 18.2 Å². The quantitative estimate of drug-likeness (QED) is 0.315. The normalized spacial score (nSPS) is 16.4. The van der Waals surface area contributed by atoms with Gasteiger partial charge in [0.2, 0.25) is 0 Å². The van der Waals surface area contributed by atoms with Crippen molar-refractivity contribution in [2.24, 2.45) is 5.41 Å². The lowest BCUT2D eigenvalue weighted by molar-refractivity contribution is 0.151.